The van der Waals surface area contributed by atoms with Gasteiger partial charge in [-0.05, 0) is 24.6 Å². The Bertz CT molecular complexity index is 924. The third-order valence-electron chi connectivity index (χ3n) is 4.28. The standard InChI is InChI=1S/C17H20N4O4S/c1-13-4-2-3-5-15(13)19-16-7-6-14(21(22)23)12-17(16)26(24,25)20-10-8-18-9-11-20/h2-7,12,18-19H,8-11H2,1H3. The van der Waals surface area contributed by atoms with E-state index < -0.39 is 14.9 Å². The largest absolute Gasteiger partial charge is 0.354 e. The van der Waals surface area contributed by atoms with Crippen LogP contribution >= 0.6 is 0 Å². The molecule has 1 fully saturated rings. The summed E-state index contributed by atoms with van der Waals surface area (Å²) < 4.78 is 27.5. The maximum Gasteiger partial charge on any atom is 0.270 e. The van der Waals surface area contributed by atoms with E-state index in [2.05, 4.69) is 10.6 Å². The summed E-state index contributed by atoms with van der Waals surface area (Å²) in [6, 6.07) is 11.3. The minimum atomic E-state index is -3.86. The number of hydrogen-bond donors (Lipinski definition) is 2. The highest BCUT2D eigenvalue weighted by atomic mass is 32.2. The first-order valence-electron chi connectivity index (χ1n) is 8.21. The molecule has 138 valence electrons. The van der Waals surface area contributed by atoms with Gasteiger partial charge in [0, 0.05) is 44.0 Å². The molecule has 0 atom stereocenters. The van der Waals surface area contributed by atoms with Crippen molar-refractivity contribution in [3.63, 3.8) is 0 Å². The summed E-state index contributed by atoms with van der Waals surface area (Å²) in [5, 5.41) is 17.4. The van der Waals surface area contributed by atoms with Gasteiger partial charge in [0.15, 0.2) is 0 Å². The van der Waals surface area contributed by atoms with Gasteiger partial charge in [-0.3, -0.25) is 10.1 Å². The molecule has 0 aromatic heterocycles. The Labute approximate surface area is 152 Å². The number of benzene rings is 2. The molecule has 1 saturated heterocycles. The Hall–Kier alpha value is -2.49. The number of nitrogens with one attached hydrogen (secondary N) is 2. The molecule has 1 aliphatic heterocycles. The molecule has 2 aromatic rings. The molecule has 0 bridgehead atoms. The molecular formula is C17H20N4O4S. The average Bonchev–Trinajstić information content (AvgIpc) is 2.64. The van der Waals surface area contributed by atoms with E-state index in [1.807, 2.05) is 31.2 Å². The summed E-state index contributed by atoms with van der Waals surface area (Å²) in [5.74, 6) is 0. The summed E-state index contributed by atoms with van der Waals surface area (Å²) in [6.07, 6.45) is 0. The van der Waals surface area contributed by atoms with Gasteiger partial charge in [-0.15, -0.1) is 0 Å². The summed E-state index contributed by atoms with van der Waals surface area (Å²) in [4.78, 5) is 10.5. The van der Waals surface area contributed by atoms with Gasteiger partial charge in [0.1, 0.15) is 4.90 Å². The molecule has 8 nitrogen and oxygen atoms in total. The normalized spacial score (nSPS) is 15.6. The Kier molecular flexibility index (Phi) is 5.21. The van der Waals surface area contributed by atoms with Crippen LogP contribution < -0.4 is 10.6 Å². The van der Waals surface area contributed by atoms with Gasteiger partial charge in [0.25, 0.3) is 5.69 Å². The fraction of sp³-hybridized carbons (Fsp3) is 0.294. The van der Waals surface area contributed by atoms with Gasteiger partial charge in [-0.25, -0.2) is 8.42 Å². The van der Waals surface area contributed by atoms with E-state index in [0.717, 1.165) is 17.3 Å². The molecule has 2 aromatic carbocycles. The molecule has 3 rings (SSSR count). The SMILES string of the molecule is Cc1ccccc1Nc1ccc([N+](=O)[O-])cc1S(=O)(=O)N1CCNCC1. The van der Waals surface area contributed by atoms with Crippen LogP contribution in [-0.4, -0.2) is 43.8 Å². The average molecular weight is 376 g/mol. The highest BCUT2D eigenvalue weighted by molar-refractivity contribution is 7.89. The lowest BCUT2D eigenvalue weighted by Crippen LogP contribution is -2.46. The number of aryl methyl sites for hydroxylation is 1. The van der Waals surface area contributed by atoms with Crippen molar-refractivity contribution >= 4 is 27.1 Å². The van der Waals surface area contributed by atoms with Gasteiger partial charge in [0.05, 0.1) is 10.6 Å². The Morgan fingerprint density at radius 1 is 1.12 bits per heavy atom. The van der Waals surface area contributed by atoms with Crippen molar-refractivity contribution in [3.05, 3.63) is 58.1 Å². The quantitative estimate of drug-likeness (QED) is 0.613. The second-order valence-corrected chi connectivity index (χ2v) is 7.94. The Morgan fingerprint density at radius 2 is 1.81 bits per heavy atom. The highest BCUT2D eigenvalue weighted by Gasteiger charge is 2.30. The van der Waals surface area contributed by atoms with Crippen LogP contribution in [0.25, 0.3) is 0 Å². The summed E-state index contributed by atoms with van der Waals surface area (Å²) >= 11 is 0. The molecule has 26 heavy (non-hydrogen) atoms. The lowest BCUT2D eigenvalue weighted by Gasteiger charge is -2.27. The molecule has 0 saturated carbocycles. The third-order valence-corrected chi connectivity index (χ3v) is 6.22. The highest BCUT2D eigenvalue weighted by Crippen LogP contribution is 2.32. The molecule has 0 radical (unpaired) electrons. The van der Waals surface area contributed by atoms with Crippen LogP contribution in [0.5, 0.6) is 0 Å². The van der Waals surface area contributed by atoms with Crippen molar-refractivity contribution < 1.29 is 13.3 Å². The number of nitrogens with zero attached hydrogens (tertiary/aromatic N) is 2. The number of non-ortho nitro benzene ring substituents is 1. The minimum Gasteiger partial charge on any atom is -0.354 e. The van der Waals surface area contributed by atoms with Gasteiger partial charge in [-0.1, -0.05) is 18.2 Å². The number of piperazine rings is 1. The van der Waals surface area contributed by atoms with Gasteiger partial charge >= 0.3 is 0 Å². The number of nitro benzene ring substituents is 1. The van der Waals surface area contributed by atoms with Crippen molar-refractivity contribution in [1.82, 2.24) is 9.62 Å². The Balaban J connectivity index is 2.07. The van der Waals surface area contributed by atoms with Crippen molar-refractivity contribution in [3.8, 4) is 0 Å². The summed E-state index contributed by atoms with van der Waals surface area (Å²) in [5.41, 5.74) is 1.76. The lowest BCUT2D eigenvalue weighted by molar-refractivity contribution is -0.385. The van der Waals surface area contributed by atoms with E-state index in [4.69, 9.17) is 0 Å². The molecule has 9 heteroatoms. The Morgan fingerprint density at radius 3 is 2.46 bits per heavy atom. The van der Waals surface area contributed by atoms with Crippen molar-refractivity contribution in [2.45, 2.75) is 11.8 Å². The predicted molar refractivity (Wildman–Crippen MR) is 99.2 cm³/mol. The van der Waals surface area contributed by atoms with Crippen LogP contribution in [0.1, 0.15) is 5.56 Å². The molecule has 0 amide bonds. The topological polar surface area (TPSA) is 105 Å². The van der Waals surface area contributed by atoms with Crippen molar-refractivity contribution in [1.29, 1.82) is 0 Å². The van der Waals surface area contributed by atoms with E-state index >= 15 is 0 Å². The predicted octanol–water partition coefficient (Wildman–Crippen LogP) is 2.24. The first-order valence-corrected chi connectivity index (χ1v) is 9.65. The van der Waals surface area contributed by atoms with E-state index in [1.165, 1.54) is 16.4 Å². The molecule has 1 heterocycles. The van der Waals surface area contributed by atoms with Crippen LogP contribution in [0.3, 0.4) is 0 Å². The van der Waals surface area contributed by atoms with E-state index in [9.17, 15) is 18.5 Å². The minimum absolute atomic E-state index is 0.0862. The molecule has 1 aliphatic rings. The van der Waals surface area contributed by atoms with Gasteiger partial charge in [-0.2, -0.15) is 4.31 Å². The first kappa shape index (κ1) is 18.3. The zero-order chi connectivity index (χ0) is 18.7. The zero-order valence-corrected chi connectivity index (χ0v) is 15.1. The van der Waals surface area contributed by atoms with Crippen LogP contribution in [0, 0.1) is 17.0 Å². The maximum absolute atomic E-state index is 13.1. The maximum atomic E-state index is 13.1. The number of hydrogen-bond acceptors (Lipinski definition) is 6. The molecule has 2 N–H and O–H groups in total. The van der Waals surface area contributed by atoms with Crippen molar-refractivity contribution in [2.75, 3.05) is 31.5 Å². The molecular weight excluding hydrogens is 356 g/mol. The second kappa shape index (κ2) is 7.40. The fourth-order valence-corrected chi connectivity index (χ4v) is 4.43. The summed E-state index contributed by atoms with van der Waals surface area (Å²) in [7, 11) is -3.86. The first-order chi connectivity index (χ1) is 12.4. The van der Waals surface area contributed by atoms with Crippen LogP contribution in [0.4, 0.5) is 17.1 Å². The summed E-state index contributed by atoms with van der Waals surface area (Å²) in [6.45, 7) is 3.66. The van der Waals surface area contributed by atoms with Gasteiger partial charge < -0.3 is 10.6 Å². The lowest BCUT2D eigenvalue weighted by atomic mass is 10.2. The van der Waals surface area contributed by atoms with E-state index in [1.54, 1.807) is 0 Å². The number of rotatable bonds is 5. The van der Waals surface area contributed by atoms with Gasteiger partial charge in [0.2, 0.25) is 10.0 Å². The molecule has 0 spiro atoms. The smallest absolute Gasteiger partial charge is 0.270 e. The van der Waals surface area contributed by atoms with E-state index in [-0.39, 0.29) is 10.6 Å². The number of nitro groups is 1. The number of sulfonamides is 1. The van der Waals surface area contributed by atoms with Crippen LogP contribution in [0.15, 0.2) is 47.4 Å². The van der Waals surface area contributed by atoms with Crippen LogP contribution in [0.2, 0.25) is 0 Å². The number of para-hydroxylation sites is 1. The monoisotopic (exact) mass is 376 g/mol. The second-order valence-electron chi connectivity index (χ2n) is 6.03. The molecule has 0 unspecified atom stereocenters. The van der Waals surface area contributed by atoms with Crippen molar-refractivity contribution in [2.24, 2.45) is 0 Å². The van der Waals surface area contributed by atoms with E-state index in [0.29, 0.717) is 31.9 Å². The third kappa shape index (κ3) is 3.69. The number of anilines is 2. The molecule has 0 aliphatic carbocycles. The zero-order valence-electron chi connectivity index (χ0n) is 14.3. The van der Waals surface area contributed by atoms with Crippen LogP contribution in [-0.2, 0) is 10.0 Å². The fourth-order valence-electron chi connectivity index (χ4n) is 2.82.